The number of carbonyl (C=O) groups is 1. The van der Waals surface area contributed by atoms with Crippen molar-refractivity contribution >= 4 is 32.5 Å². The number of nitrogens with zero attached hydrogens (tertiary/aromatic N) is 3. The SMILES string of the molecule is COc1ncc(-c2ccc3ncc(C(=O)N4CCCC4)c(OC)c3c2)cc1NS(=O)(=O)c1ccccc1. The normalized spacial score (nSPS) is 13.5. The molecule has 1 aliphatic rings. The summed E-state index contributed by atoms with van der Waals surface area (Å²) in [5.74, 6) is 0.495. The van der Waals surface area contributed by atoms with Gasteiger partial charge < -0.3 is 14.4 Å². The fourth-order valence-corrected chi connectivity index (χ4v) is 5.53. The first-order valence-electron chi connectivity index (χ1n) is 11.8. The van der Waals surface area contributed by atoms with Crippen molar-refractivity contribution in [3.8, 4) is 22.8 Å². The van der Waals surface area contributed by atoms with Gasteiger partial charge in [0.2, 0.25) is 5.88 Å². The number of amides is 1. The molecule has 0 radical (unpaired) electrons. The Hall–Kier alpha value is -4.18. The number of fused-ring (bicyclic) bond motifs is 1. The molecule has 0 unspecified atom stereocenters. The maximum Gasteiger partial charge on any atom is 0.262 e. The van der Waals surface area contributed by atoms with Crippen LogP contribution in [0.25, 0.3) is 22.0 Å². The van der Waals surface area contributed by atoms with Gasteiger partial charge in [0, 0.05) is 36.4 Å². The van der Waals surface area contributed by atoms with Gasteiger partial charge in [0.1, 0.15) is 17.0 Å². The van der Waals surface area contributed by atoms with E-state index in [-0.39, 0.29) is 22.4 Å². The second-order valence-electron chi connectivity index (χ2n) is 8.64. The molecule has 0 saturated carbocycles. The maximum atomic E-state index is 13.1. The van der Waals surface area contributed by atoms with E-state index in [2.05, 4.69) is 14.7 Å². The average molecular weight is 519 g/mol. The highest BCUT2D eigenvalue weighted by atomic mass is 32.2. The van der Waals surface area contributed by atoms with Crippen LogP contribution in [0.3, 0.4) is 0 Å². The zero-order valence-electron chi connectivity index (χ0n) is 20.5. The molecule has 37 heavy (non-hydrogen) atoms. The highest BCUT2D eigenvalue weighted by molar-refractivity contribution is 7.92. The lowest BCUT2D eigenvalue weighted by Gasteiger charge is -2.18. The summed E-state index contributed by atoms with van der Waals surface area (Å²) < 4.78 is 39.4. The van der Waals surface area contributed by atoms with E-state index >= 15 is 0 Å². The number of aromatic nitrogens is 2. The molecule has 0 atom stereocenters. The van der Waals surface area contributed by atoms with Gasteiger partial charge in [0.25, 0.3) is 15.9 Å². The minimum atomic E-state index is -3.86. The van der Waals surface area contributed by atoms with Crippen molar-refractivity contribution in [2.45, 2.75) is 17.7 Å². The molecule has 1 fully saturated rings. The van der Waals surface area contributed by atoms with Gasteiger partial charge in [-0.05, 0) is 48.7 Å². The fourth-order valence-electron chi connectivity index (χ4n) is 4.46. The number of benzene rings is 2. The van der Waals surface area contributed by atoms with Gasteiger partial charge in [0.05, 0.1) is 24.6 Å². The number of sulfonamides is 1. The first-order valence-corrected chi connectivity index (χ1v) is 13.3. The Morgan fingerprint density at radius 3 is 2.38 bits per heavy atom. The number of carbonyl (C=O) groups excluding carboxylic acids is 1. The van der Waals surface area contributed by atoms with Gasteiger partial charge in [-0.1, -0.05) is 24.3 Å². The number of nitrogens with one attached hydrogen (secondary N) is 1. The monoisotopic (exact) mass is 518 g/mol. The zero-order valence-corrected chi connectivity index (χ0v) is 21.3. The van der Waals surface area contributed by atoms with Crippen molar-refractivity contribution in [2.75, 3.05) is 32.0 Å². The summed E-state index contributed by atoms with van der Waals surface area (Å²) in [6.07, 6.45) is 5.13. The zero-order chi connectivity index (χ0) is 26.0. The molecule has 190 valence electrons. The van der Waals surface area contributed by atoms with Gasteiger partial charge >= 0.3 is 0 Å². The molecular weight excluding hydrogens is 492 g/mol. The molecule has 9 nitrogen and oxygen atoms in total. The Morgan fingerprint density at radius 2 is 1.68 bits per heavy atom. The van der Waals surface area contributed by atoms with Gasteiger partial charge in [0.15, 0.2) is 0 Å². The molecule has 1 N–H and O–H groups in total. The van der Waals surface area contributed by atoms with Crippen LogP contribution in [0.2, 0.25) is 0 Å². The third kappa shape index (κ3) is 4.79. The predicted octanol–water partition coefficient (Wildman–Crippen LogP) is 4.35. The molecule has 0 spiro atoms. The van der Waals surface area contributed by atoms with E-state index in [0.29, 0.717) is 27.8 Å². The van der Waals surface area contributed by atoms with Gasteiger partial charge in [-0.25, -0.2) is 13.4 Å². The first kappa shape index (κ1) is 24.5. The van der Waals surface area contributed by atoms with E-state index < -0.39 is 10.0 Å². The molecule has 3 heterocycles. The summed E-state index contributed by atoms with van der Waals surface area (Å²) in [5, 5.41) is 0.673. The van der Waals surface area contributed by atoms with Crippen molar-refractivity contribution in [1.29, 1.82) is 0 Å². The van der Waals surface area contributed by atoms with Crippen molar-refractivity contribution in [3.63, 3.8) is 0 Å². The average Bonchev–Trinajstić information content (AvgIpc) is 3.47. The van der Waals surface area contributed by atoms with Crippen LogP contribution in [-0.4, -0.2) is 56.5 Å². The number of anilines is 1. The topological polar surface area (TPSA) is 111 Å². The number of hydrogen-bond acceptors (Lipinski definition) is 7. The van der Waals surface area contributed by atoms with E-state index in [9.17, 15) is 13.2 Å². The molecule has 2 aromatic carbocycles. The molecule has 1 saturated heterocycles. The van der Waals surface area contributed by atoms with E-state index in [4.69, 9.17) is 9.47 Å². The Balaban J connectivity index is 1.55. The minimum absolute atomic E-state index is 0.0992. The molecular formula is C27H26N4O5S. The number of methoxy groups -OCH3 is 2. The number of rotatable bonds is 7. The maximum absolute atomic E-state index is 13.1. The summed E-state index contributed by atoms with van der Waals surface area (Å²) >= 11 is 0. The number of likely N-dealkylation sites (tertiary alicyclic amines) is 1. The largest absolute Gasteiger partial charge is 0.495 e. The molecule has 1 amide bonds. The lowest BCUT2D eigenvalue weighted by Crippen LogP contribution is -2.28. The number of ether oxygens (including phenoxy) is 2. The molecule has 5 rings (SSSR count). The van der Waals surface area contributed by atoms with E-state index in [1.54, 1.807) is 36.7 Å². The highest BCUT2D eigenvalue weighted by Gasteiger charge is 2.24. The van der Waals surface area contributed by atoms with E-state index in [1.807, 2.05) is 23.1 Å². The smallest absolute Gasteiger partial charge is 0.262 e. The van der Waals surface area contributed by atoms with Crippen LogP contribution in [0.5, 0.6) is 11.6 Å². The van der Waals surface area contributed by atoms with E-state index in [1.165, 1.54) is 26.4 Å². The molecule has 0 bridgehead atoms. The Labute approximate surface area is 215 Å². The van der Waals surface area contributed by atoms with Crippen molar-refractivity contribution < 1.29 is 22.7 Å². The fraction of sp³-hybridized carbons (Fsp3) is 0.222. The minimum Gasteiger partial charge on any atom is -0.495 e. The lowest BCUT2D eigenvalue weighted by molar-refractivity contribution is 0.0789. The van der Waals surface area contributed by atoms with Gasteiger partial charge in [-0.3, -0.25) is 14.5 Å². The summed E-state index contributed by atoms with van der Waals surface area (Å²) in [5.41, 5.74) is 2.68. The Kier molecular flexibility index (Phi) is 6.66. The molecule has 1 aliphatic heterocycles. The van der Waals surface area contributed by atoms with Crippen LogP contribution in [0.4, 0.5) is 5.69 Å². The van der Waals surface area contributed by atoms with Crippen LogP contribution in [0, 0.1) is 0 Å². The second-order valence-corrected chi connectivity index (χ2v) is 10.3. The molecule has 0 aliphatic carbocycles. The van der Waals surface area contributed by atoms with Crippen LogP contribution in [-0.2, 0) is 10.0 Å². The van der Waals surface area contributed by atoms with Crippen LogP contribution < -0.4 is 14.2 Å². The standard InChI is InChI=1S/C27H26N4O5S/c1-35-25-21-14-18(10-11-23(21)28-17-22(25)27(32)31-12-6-7-13-31)19-15-24(26(36-2)29-16-19)30-37(33,34)20-8-4-3-5-9-20/h3-5,8-11,14-17,30H,6-7,12-13H2,1-2H3. The summed E-state index contributed by atoms with van der Waals surface area (Å²) in [7, 11) is -0.896. The highest BCUT2D eigenvalue weighted by Crippen LogP contribution is 2.35. The third-order valence-electron chi connectivity index (χ3n) is 6.32. The summed E-state index contributed by atoms with van der Waals surface area (Å²) in [6.45, 7) is 1.44. The van der Waals surface area contributed by atoms with Crippen LogP contribution in [0.15, 0.2) is 71.9 Å². The summed E-state index contributed by atoms with van der Waals surface area (Å²) in [6, 6.07) is 15.3. The first-order chi connectivity index (χ1) is 17.9. The number of pyridine rings is 2. The van der Waals surface area contributed by atoms with Crippen LogP contribution >= 0.6 is 0 Å². The van der Waals surface area contributed by atoms with Crippen molar-refractivity contribution in [2.24, 2.45) is 0 Å². The molecule has 10 heteroatoms. The van der Waals surface area contributed by atoms with Gasteiger partial charge in [-0.15, -0.1) is 0 Å². The molecule has 2 aromatic heterocycles. The van der Waals surface area contributed by atoms with Gasteiger partial charge in [-0.2, -0.15) is 0 Å². The van der Waals surface area contributed by atoms with Crippen molar-refractivity contribution in [3.05, 3.63) is 72.6 Å². The molecule has 4 aromatic rings. The Bertz CT molecular complexity index is 1570. The van der Waals surface area contributed by atoms with E-state index in [0.717, 1.165) is 31.5 Å². The number of hydrogen-bond donors (Lipinski definition) is 1. The third-order valence-corrected chi connectivity index (χ3v) is 7.70. The van der Waals surface area contributed by atoms with Crippen LogP contribution in [0.1, 0.15) is 23.2 Å². The van der Waals surface area contributed by atoms with Crippen molar-refractivity contribution in [1.82, 2.24) is 14.9 Å². The second kappa shape index (κ2) is 10.1. The Morgan fingerprint density at radius 1 is 0.919 bits per heavy atom. The quantitative estimate of drug-likeness (QED) is 0.387. The predicted molar refractivity (Wildman–Crippen MR) is 140 cm³/mol. The lowest BCUT2D eigenvalue weighted by atomic mass is 10.0. The summed E-state index contributed by atoms with van der Waals surface area (Å²) in [4.78, 5) is 23.8.